The first-order chi connectivity index (χ1) is 6.93. The highest BCUT2D eigenvalue weighted by Crippen LogP contribution is 2.15. The lowest BCUT2D eigenvalue weighted by atomic mass is 9.98. The Morgan fingerprint density at radius 1 is 1.33 bits per heavy atom. The molecular weight excluding hydrogens is 188 g/mol. The fourth-order valence-corrected chi connectivity index (χ4v) is 1.97. The molecule has 1 heterocycles. The van der Waals surface area contributed by atoms with Crippen molar-refractivity contribution in [3.8, 4) is 0 Å². The highest BCUT2D eigenvalue weighted by molar-refractivity contribution is 5.78. The first-order valence-corrected chi connectivity index (χ1v) is 5.97. The van der Waals surface area contributed by atoms with Crippen molar-refractivity contribution in [1.29, 1.82) is 0 Å². The molecule has 1 rings (SSSR count). The zero-order chi connectivity index (χ0) is 11.6. The van der Waals surface area contributed by atoms with Gasteiger partial charge in [-0.05, 0) is 12.8 Å². The fourth-order valence-electron chi connectivity index (χ4n) is 1.97. The summed E-state index contributed by atoms with van der Waals surface area (Å²) in [7, 11) is 0. The van der Waals surface area contributed by atoms with E-state index in [1.54, 1.807) is 0 Å². The van der Waals surface area contributed by atoms with Crippen LogP contribution in [0.3, 0.4) is 0 Å². The van der Waals surface area contributed by atoms with Gasteiger partial charge >= 0.3 is 0 Å². The number of nitrogens with one attached hydrogen (secondary N) is 1. The Morgan fingerprint density at radius 2 is 1.93 bits per heavy atom. The van der Waals surface area contributed by atoms with Crippen LogP contribution in [0.5, 0.6) is 0 Å². The lowest BCUT2D eigenvalue weighted by Crippen LogP contribution is -2.59. The van der Waals surface area contributed by atoms with Gasteiger partial charge in [-0.2, -0.15) is 0 Å². The SMILES string of the molecule is CC(C)C(=O)N1CC(C(C)C)NCC1C. The fraction of sp³-hybridized carbons (Fsp3) is 0.917. The summed E-state index contributed by atoms with van der Waals surface area (Å²) in [5.74, 6) is 0.980. The van der Waals surface area contributed by atoms with E-state index in [0.29, 0.717) is 18.0 Å². The number of carbonyl (C=O) groups excluding carboxylic acids is 1. The average molecular weight is 212 g/mol. The zero-order valence-corrected chi connectivity index (χ0v) is 10.6. The Balaban J connectivity index is 2.65. The van der Waals surface area contributed by atoms with Crippen molar-refractivity contribution in [1.82, 2.24) is 10.2 Å². The van der Waals surface area contributed by atoms with Gasteiger partial charge in [0.2, 0.25) is 5.91 Å². The summed E-state index contributed by atoms with van der Waals surface area (Å²) in [5.41, 5.74) is 0. The van der Waals surface area contributed by atoms with Gasteiger partial charge in [0.05, 0.1) is 0 Å². The second kappa shape index (κ2) is 4.97. The van der Waals surface area contributed by atoms with Crippen molar-refractivity contribution in [3.63, 3.8) is 0 Å². The summed E-state index contributed by atoms with van der Waals surface area (Å²) in [4.78, 5) is 14.0. The van der Waals surface area contributed by atoms with Crippen LogP contribution >= 0.6 is 0 Å². The molecule has 0 saturated carbocycles. The normalized spacial score (nSPS) is 27.5. The van der Waals surface area contributed by atoms with Crippen LogP contribution in [0.1, 0.15) is 34.6 Å². The number of piperazine rings is 1. The standard InChI is InChI=1S/C12H24N2O/c1-8(2)11-7-14(10(5)6-13-11)12(15)9(3)4/h8-11,13H,6-7H2,1-5H3. The highest BCUT2D eigenvalue weighted by atomic mass is 16.2. The molecule has 0 aromatic rings. The van der Waals surface area contributed by atoms with Crippen molar-refractivity contribution in [2.75, 3.05) is 13.1 Å². The van der Waals surface area contributed by atoms with Crippen LogP contribution in [-0.2, 0) is 4.79 Å². The topological polar surface area (TPSA) is 32.3 Å². The maximum absolute atomic E-state index is 12.0. The minimum Gasteiger partial charge on any atom is -0.337 e. The van der Waals surface area contributed by atoms with Crippen LogP contribution in [-0.4, -0.2) is 36.0 Å². The van der Waals surface area contributed by atoms with Crippen LogP contribution in [0.4, 0.5) is 0 Å². The molecule has 0 radical (unpaired) electrons. The number of hydrogen-bond donors (Lipinski definition) is 1. The maximum Gasteiger partial charge on any atom is 0.225 e. The number of hydrogen-bond acceptors (Lipinski definition) is 2. The third kappa shape index (κ3) is 2.94. The third-order valence-electron chi connectivity index (χ3n) is 3.18. The molecule has 1 fully saturated rings. The zero-order valence-electron chi connectivity index (χ0n) is 10.6. The summed E-state index contributed by atoms with van der Waals surface area (Å²) < 4.78 is 0. The second-order valence-electron chi connectivity index (χ2n) is 5.25. The van der Waals surface area contributed by atoms with Gasteiger partial charge in [0.15, 0.2) is 0 Å². The van der Waals surface area contributed by atoms with Gasteiger partial charge in [-0.15, -0.1) is 0 Å². The third-order valence-corrected chi connectivity index (χ3v) is 3.18. The van der Waals surface area contributed by atoms with Crippen LogP contribution < -0.4 is 5.32 Å². The first-order valence-electron chi connectivity index (χ1n) is 5.97. The second-order valence-corrected chi connectivity index (χ2v) is 5.25. The van der Waals surface area contributed by atoms with Crippen molar-refractivity contribution >= 4 is 5.91 Å². The van der Waals surface area contributed by atoms with Crippen LogP contribution in [0, 0.1) is 11.8 Å². The summed E-state index contributed by atoms with van der Waals surface area (Å²) in [6.45, 7) is 12.2. The molecule has 1 aliphatic heterocycles. The molecule has 3 heteroatoms. The Kier molecular flexibility index (Phi) is 4.14. The summed E-state index contributed by atoms with van der Waals surface area (Å²) >= 11 is 0. The van der Waals surface area contributed by atoms with Crippen molar-refractivity contribution < 1.29 is 4.79 Å². The predicted molar refractivity (Wildman–Crippen MR) is 62.6 cm³/mol. The molecule has 1 saturated heterocycles. The minimum absolute atomic E-state index is 0.110. The molecule has 0 bridgehead atoms. The van der Waals surface area contributed by atoms with E-state index in [9.17, 15) is 4.79 Å². The Labute approximate surface area is 93.2 Å². The molecule has 15 heavy (non-hydrogen) atoms. The molecule has 88 valence electrons. The quantitative estimate of drug-likeness (QED) is 0.752. The van der Waals surface area contributed by atoms with E-state index in [2.05, 4.69) is 26.1 Å². The smallest absolute Gasteiger partial charge is 0.225 e. The molecule has 0 spiro atoms. The van der Waals surface area contributed by atoms with Gasteiger partial charge in [0.25, 0.3) is 0 Å². The molecule has 1 aliphatic rings. The van der Waals surface area contributed by atoms with Crippen molar-refractivity contribution in [2.24, 2.45) is 11.8 Å². The summed E-state index contributed by atoms with van der Waals surface area (Å²) in [6, 6.07) is 0.777. The summed E-state index contributed by atoms with van der Waals surface area (Å²) in [5, 5.41) is 3.50. The van der Waals surface area contributed by atoms with Gasteiger partial charge in [-0.25, -0.2) is 0 Å². The van der Waals surface area contributed by atoms with Crippen LogP contribution in [0.25, 0.3) is 0 Å². The lowest BCUT2D eigenvalue weighted by Gasteiger charge is -2.41. The number of rotatable bonds is 2. The Morgan fingerprint density at radius 3 is 2.40 bits per heavy atom. The van der Waals surface area contributed by atoms with Crippen molar-refractivity contribution in [3.05, 3.63) is 0 Å². The van der Waals surface area contributed by atoms with Gasteiger partial charge in [-0.1, -0.05) is 27.7 Å². The maximum atomic E-state index is 12.0. The summed E-state index contributed by atoms with van der Waals surface area (Å²) in [6.07, 6.45) is 0. The number of nitrogens with zero attached hydrogens (tertiary/aromatic N) is 1. The Bertz CT molecular complexity index is 226. The monoisotopic (exact) mass is 212 g/mol. The molecule has 2 unspecified atom stereocenters. The van der Waals surface area contributed by atoms with E-state index >= 15 is 0 Å². The first kappa shape index (κ1) is 12.5. The van der Waals surface area contributed by atoms with E-state index in [1.165, 1.54) is 0 Å². The lowest BCUT2D eigenvalue weighted by molar-refractivity contribution is -0.138. The molecule has 2 atom stereocenters. The van der Waals surface area contributed by atoms with Crippen LogP contribution in [0.2, 0.25) is 0 Å². The molecular formula is C12H24N2O. The van der Waals surface area contributed by atoms with Gasteiger partial charge < -0.3 is 10.2 Å². The molecule has 1 amide bonds. The van der Waals surface area contributed by atoms with E-state index in [0.717, 1.165) is 13.1 Å². The average Bonchev–Trinajstić information content (AvgIpc) is 2.16. The molecule has 0 aliphatic carbocycles. The van der Waals surface area contributed by atoms with Crippen LogP contribution in [0.15, 0.2) is 0 Å². The molecule has 3 nitrogen and oxygen atoms in total. The molecule has 0 aromatic heterocycles. The van der Waals surface area contributed by atoms with Crippen molar-refractivity contribution in [2.45, 2.75) is 46.7 Å². The van der Waals surface area contributed by atoms with Gasteiger partial charge in [0, 0.05) is 31.1 Å². The number of amides is 1. The van der Waals surface area contributed by atoms with E-state index in [4.69, 9.17) is 0 Å². The minimum atomic E-state index is 0.110. The Hall–Kier alpha value is -0.570. The van der Waals surface area contributed by atoms with E-state index in [1.807, 2.05) is 18.7 Å². The molecule has 0 aromatic carbocycles. The number of carbonyl (C=O) groups is 1. The van der Waals surface area contributed by atoms with E-state index in [-0.39, 0.29) is 11.8 Å². The van der Waals surface area contributed by atoms with Gasteiger partial charge in [-0.3, -0.25) is 4.79 Å². The molecule has 1 N–H and O–H groups in total. The van der Waals surface area contributed by atoms with E-state index < -0.39 is 0 Å². The van der Waals surface area contributed by atoms with Gasteiger partial charge in [0.1, 0.15) is 0 Å². The largest absolute Gasteiger partial charge is 0.337 e. The highest BCUT2D eigenvalue weighted by Gasteiger charge is 2.30. The predicted octanol–water partition coefficient (Wildman–Crippen LogP) is 1.49.